The maximum atomic E-state index is 12.0. The number of nitrogens with zero attached hydrogens (tertiary/aromatic N) is 1. The average molecular weight is 302 g/mol. The molecule has 1 N–H and O–H groups in total. The summed E-state index contributed by atoms with van der Waals surface area (Å²) in [5.74, 6) is 1.61. The zero-order valence-electron chi connectivity index (χ0n) is 13.3. The summed E-state index contributed by atoms with van der Waals surface area (Å²) in [6, 6.07) is 8.88. The van der Waals surface area contributed by atoms with Crippen molar-refractivity contribution in [2.75, 3.05) is 7.11 Å². The van der Waals surface area contributed by atoms with Gasteiger partial charge in [0.25, 0.3) is 5.91 Å². The number of hydrogen-bond donors (Lipinski definition) is 1. The van der Waals surface area contributed by atoms with Gasteiger partial charge < -0.3 is 14.6 Å². The molecule has 22 heavy (non-hydrogen) atoms. The van der Waals surface area contributed by atoms with Crippen molar-refractivity contribution in [3.05, 3.63) is 47.3 Å². The molecule has 0 saturated carbocycles. The fourth-order valence-electron chi connectivity index (χ4n) is 2.24. The largest absolute Gasteiger partial charge is 0.497 e. The number of hydrogen-bond acceptors (Lipinski definition) is 4. The zero-order valence-corrected chi connectivity index (χ0v) is 13.3. The Hall–Kier alpha value is -2.30. The van der Waals surface area contributed by atoms with Crippen LogP contribution >= 0.6 is 0 Å². The van der Waals surface area contributed by atoms with Gasteiger partial charge in [-0.05, 0) is 30.7 Å². The lowest BCUT2D eigenvalue weighted by atomic mass is 10.0. The summed E-state index contributed by atoms with van der Waals surface area (Å²) in [6.07, 6.45) is 2.18. The highest BCUT2D eigenvalue weighted by Gasteiger charge is 2.12. The number of aromatic nitrogens is 1. The maximum Gasteiger partial charge on any atom is 0.251 e. The number of benzene rings is 1. The van der Waals surface area contributed by atoms with E-state index in [1.165, 1.54) is 0 Å². The fraction of sp³-hybridized carbons (Fsp3) is 0.412. The van der Waals surface area contributed by atoms with Crippen LogP contribution in [0.3, 0.4) is 0 Å². The quantitative estimate of drug-likeness (QED) is 0.850. The molecule has 118 valence electrons. The molecular formula is C17H22N2O3. The fourth-order valence-corrected chi connectivity index (χ4v) is 2.24. The van der Waals surface area contributed by atoms with E-state index in [1.54, 1.807) is 31.4 Å². The Morgan fingerprint density at radius 2 is 2.09 bits per heavy atom. The standard InChI is InChI=1S/C17H22N2O3/c1-4-5-12(2)16-10-15(22-19-16)11-18-17(20)13-6-8-14(21-3)9-7-13/h6-10,12H,4-5,11H2,1-3H3,(H,18,20). The molecule has 5 heteroatoms. The summed E-state index contributed by atoms with van der Waals surface area (Å²) in [5, 5.41) is 6.89. The van der Waals surface area contributed by atoms with E-state index in [9.17, 15) is 4.79 Å². The highest BCUT2D eigenvalue weighted by atomic mass is 16.5. The first-order valence-corrected chi connectivity index (χ1v) is 7.51. The molecule has 0 aliphatic heterocycles. The minimum Gasteiger partial charge on any atom is -0.497 e. The molecule has 2 aromatic rings. The maximum absolute atomic E-state index is 12.0. The van der Waals surface area contributed by atoms with E-state index in [2.05, 4.69) is 24.3 Å². The van der Waals surface area contributed by atoms with E-state index < -0.39 is 0 Å². The van der Waals surface area contributed by atoms with Crippen LogP contribution in [0.2, 0.25) is 0 Å². The third-order valence-corrected chi connectivity index (χ3v) is 3.58. The third kappa shape index (κ3) is 4.10. The first-order chi connectivity index (χ1) is 10.6. The van der Waals surface area contributed by atoms with E-state index in [4.69, 9.17) is 9.26 Å². The molecule has 1 aromatic carbocycles. The van der Waals surface area contributed by atoms with Gasteiger partial charge in [0.05, 0.1) is 19.3 Å². The molecule has 0 fully saturated rings. The van der Waals surface area contributed by atoms with Gasteiger partial charge in [-0.25, -0.2) is 0 Å². The Balaban J connectivity index is 1.90. The normalized spacial score (nSPS) is 12.0. The van der Waals surface area contributed by atoms with Crippen LogP contribution in [0.15, 0.2) is 34.9 Å². The lowest BCUT2D eigenvalue weighted by Crippen LogP contribution is -2.22. The number of amides is 1. The van der Waals surface area contributed by atoms with Crippen molar-refractivity contribution < 1.29 is 14.1 Å². The van der Waals surface area contributed by atoms with Gasteiger partial charge in [0.1, 0.15) is 5.75 Å². The summed E-state index contributed by atoms with van der Waals surface area (Å²) in [7, 11) is 1.59. The first-order valence-electron chi connectivity index (χ1n) is 7.51. The summed E-state index contributed by atoms with van der Waals surface area (Å²) in [5.41, 5.74) is 1.52. The predicted octanol–water partition coefficient (Wildman–Crippen LogP) is 3.52. The molecule has 1 atom stereocenters. The molecule has 0 bridgehead atoms. The second kappa shape index (κ2) is 7.64. The first kappa shape index (κ1) is 16.1. The molecule has 0 aliphatic rings. The van der Waals surface area contributed by atoms with Crippen LogP contribution in [0.4, 0.5) is 0 Å². The SMILES string of the molecule is CCCC(C)c1cc(CNC(=O)c2ccc(OC)cc2)on1. The van der Waals surface area contributed by atoms with Gasteiger partial charge in [-0.2, -0.15) is 0 Å². The number of methoxy groups -OCH3 is 1. The Labute approximate surface area is 130 Å². The Morgan fingerprint density at radius 3 is 2.73 bits per heavy atom. The van der Waals surface area contributed by atoms with Crippen LogP contribution in [0.1, 0.15) is 54.4 Å². The van der Waals surface area contributed by atoms with Crippen molar-refractivity contribution in [2.45, 2.75) is 39.2 Å². The molecule has 0 spiro atoms. The lowest BCUT2D eigenvalue weighted by Gasteiger charge is -2.04. The molecule has 1 heterocycles. The molecule has 0 aliphatic carbocycles. The van der Waals surface area contributed by atoms with Crippen molar-refractivity contribution >= 4 is 5.91 Å². The van der Waals surface area contributed by atoms with Crippen LogP contribution in [-0.4, -0.2) is 18.2 Å². The lowest BCUT2D eigenvalue weighted by molar-refractivity contribution is 0.0947. The minimum absolute atomic E-state index is 0.151. The van der Waals surface area contributed by atoms with Crippen LogP contribution < -0.4 is 10.1 Å². The Morgan fingerprint density at radius 1 is 1.36 bits per heavy atom. The van der Waals surface area contributed by atoms with Crippen LogP contribution in [-0.2, 0) is 6.54 Å². The monoisotopic (exact) mass is 302 g/mol. The van der Waals surface area contributed by atoms with Crippen molar-refractivity contribution in [1.29, 1.82) is 0 Å². The van der Waals surface area contributed by atoms with Crippen molar-refractivity contribution in [2.24, 2.45) is 0 Å². The van der Waals surface area contributed by atoms with E-state index in [0.29, 0.717) is 23.8 Å². The van der Waals surface area contributed by atoms with Gasteiger partial charge in [-0.3, -0.25) is 4.79 Å². The predicted molar refractivity (Wildman–Crippen MR) is 84.0 cm³/mol. The minimum atomic E-state index is -0.151. The van der Waals surface area contributed by atoms with Crippen LogP contribution in [0.25, 0.3) is 0 Å². The molecule has 1 aromatic heterocycles. The van der Waals surface area contributed by atoms with E-state index in [0.717, 1.165) is 24.3 Å². The number of carbonyl (C=O) groups is 1. The highest BCUT2D eigenvalue weighted by Crippen LogP contribution is 2.20. The number of nitrogens with one attached hydrogen (secondary N) is 1. The topological polar surface area (TPSA) is 64.4 Å². The van der Waals surface area contributed by atoms with Crippen molar-refractivity contribution in [3.63, 3.8) is 0 Å². The van der Waals surface area contributed by atoms with Gasteiger partial charge in [0, 0.05) is 17.5 Å². The average Bonchev–Trinajstić information content (AvgIpc) is 3.02. The van der Waals surface area contributed by atoms with E-state index in [1.807, 2.05) is 6.07 Å². The van der Waals surface area contributed by atoms with Crippen LogP contribution in [0, 0.1) is 0 Å². The van der Waals surface area contributed by atoms with Gasteiger partial charge in [0.2, 0.25) is 0 Å². The van der Waals surface area contributed by atoms with Crippen LogP contribution in [0.5, 0.6) is 5.75 Å². The van der Waals surface area contributed by atoms with Crippen molar-refractivity contribution in [1.82, 2.24) is 10.5 Å². The van der Waals surface area contributed by atoms with Gasteiger partial charge in [-0.15, -0.1) is 0 Å². The van der Waals surface area contributed by atoms with E-state index >= 15 is 0 Å². The van der Waals surface area contributed by atoms with Gasteiger partial charge >= 0.3 is 0 Å². The number of ether oxygens (including phenoxy) is 1. The Bertz CT molecular complexity index is 605. The second-order valence-corrected chi connectivity index (χ2v) is 5.32. The number of rotatable bonds is 7. The third-order valence-electron chi connectivity index (χ3n) is 3.58. The van der Waals surface area contributed by atoms with E-state index in [-0.39, 0.29) is 5.91 Å². The molecule has 2 rings (SSSR count). The molecule has 5 nitrogen and oxygen atoms in total. The smallest absolute Gasteiger partial charge is 0.251 e. The highest BCUT2D eigenvalue weighted by molar-refractivity contribution is 5.94. The molecule has 0 saturated heterocycles. The van der Waals surface area contributed by atoms with Gasteiger partial charge in [-0.1, -0.05) is 25.4 Å². The summed E-state index contributed by atoms with van der Waals surface area (Å²) >= 11 is 0. The molecule has 1 amide bonds. The summed E-state index contributed by atoms with van der Waals surface area (Å²) in [6.45, 7) is 4.60. The van der Waals surface area contributed by atoms with Crippen molar-refractivity contribution in [3.8, 4) is 5.75 Å². The van der Waals surface area contributed by atoms with Gasteiger partial charge in [0.15, 0.2) is 5.76 Å². The molecular weight excluding hydrogens is 280 g/mol. The Kier molecular flexibility index (Phi) is 5.58. The molecule has 0 radical (unpaired) electrons. The zero-order chi connectivity index (χ0) is 15.9. The number of carbonyl (C=O) groups excluding carboxylic acids is 1. The second-order valence-electron chi connectivity index (χ2n) is 5.32. The summed E-state index contributed by atoms with van der Waals surface area (Å²) in [4.78, 5) is 12.0. The summed E-state index contributed by atoms with van der Waals surface area (Å²) < 4.78 is 10.3. The molecule has 1 unspecified atom stereocenters.